The quantitative estimate of drug-likeness (QED) is 0.782. The highest BCUT2D eigenvalue weighted by molar-refractivity contribution is 6.29. The predicted octanol–water partition coefficient (Wildman–Crippen LogP) is 3.19. The first kappa shape index (κ1) is 12.5. The van der Waals surface area contributed by atoms with E-state index in [0.29, 0.717) is 28.7 Å². The van der Waals surface area contributed by atoms with E-state index >= 15 is 0 Å². The lowest BCUT2D eigenvalue weighted by atomic mass is 9.86. The van der Waals surface area contributed by atoms with Crippen LogP contribution in [-0.2, 0) is 0 Å². The lowest BCUT2D eigenvalue weighted by molar-refractivity contribution is 0.296. The Kier molecular flexibility index (Phi) is 3.48. The van der Waals surface area contributed by atoms with Crippen LogP contribution in [0.1, 0.15) is 27.2 Å². The van der Waals surface area contributed by atoms with Gasteiger partial charge in [-0.3, -0.25) is 0 Å². The molecule has 1 aromatic heterocycles. The van der Waals surface area contributed by atoms with E-state index < -0.39 is 0 Å². The Morgan fingerprint density at radius 3 is 2.76 bits per heavy atom. The topological polar surface area (TPSA) is 42.2 Å². The van der Waals surface area contributed by atoms with Crippen LogP contribution in [0.2, 0.25) is 5.15 Å². The molecule has 3 unspecified atom stereocenters. The summed E-state index contributed by atoms with van der Waals surface area (Å²) in [5, 5.41) is 0.507. The Labute approximate surface area is 108 Å². The van der Waals surface area contributed by atoms with Crippen LogP contribution in [0.15, 0.2) is 12.1 Å². The molecule has 0 aliphatic carbocycles. The van der Waals surface area contributed by atoms with E-state index in [1.165, 1.54) is 6.42 Å². The van der Waals surface area contributed by atoms with E-state index in [0.717, 1.165) is 12.4 Å². The number of pyridine rings is 1. The summed E-state index contributed by atoms with van der Waals surface area (Å²) in [4.78, 5) is 6.67. The molecule has 94 valence electrons. The third-order valence-corrected chi connectivity index (χ3v) is 3.95. The van der Waals surface area contributed by atoms with Gasteiger partial charge in [-0.05, 0) is 37.3 Å². The molecule has 17 heavy (non-hydrogen) atoms. The van der Waals surface area contributed by atoms with Crippen molar-refractivity contribution in [3.8, 4) is 0 Å². The highest BCUT2D eigenvalue weighted by Crippen LogP contribution is 2.33. The molecule has 1 saturated heterocycles. The minimum atomic E-state index is 0.458. The molecule has 1 aromatic rings. The van der Waals surface area contributed by atoms with Crippen molar-refractivity contribution in [1.29, 1.82) is 0 Å². The number of aromatic nitrogens is 1. The molecular formula is C13H20ClN3. The second-order valence-electron chi connectivity index (χ2n) is 5.26. The first-order valence-electron chi connectivity index (χ1n) is 6.17. The van der Waals surface area contributed by atoms with Gasteiger partial charge in [0.15, 0.2) is 5.82 Å². The highest BCUT2D eigenvalue weighted by Gasteiger charge is 2.30. The van der Waals surface area contributed by atoms with Gasteiger partial charge in [-0.1, -0.05) is 25.4 Å². The molecular weight excluding hydrogens is 234 g/mol. The zero-order valence-electron chi connectivity index (χ0n) is 10.7. The van der Waals surface area contributed by atoms with Crippen molar-refractivity contribution in [1.82, 2.24) is 4.98 Å². The molecule has 1 aliphatic rings. The molecule has 1 fully saturated rings. The maximum Gasteiger partial charge on any atom is 0.153 e. The Balaban J connectivity index is 2.34. The second-order valence-corrected chi connectivity index (χ2v) is 5.65. The molecule has 3 nitrogen and oxygen atoms in total. The van der Waals surface area contributed by atoms with Crippen LogP contribution in [0, 0.1) is 11.8 Å². The molecule has 1 aliphatic heterocycles. The molecule has 4 heteroatoms. The summed E-state index contributed by atoms with van der Waals surface area (Å²) < 4.78 is 0. The van der Waals surface area contributed by atoms with E-state index in [4.69, 9.17) is 17.3 Å². The number of rotatable bonds is 1. The molecule has 2 N–H and O–H groups in total. The number of nitrogens with two attached hydrogens (primary N) is 1. The maximum atomic E-state index is 6.01. The molecule has 0 spiro atoms. The summed E-state index contributed by atoms with van der Waals surface area (Å²) in [7, 11) is 0. The number of anilines is 2. The van der Waals surface area contributed by atoms with Gasteiger partial charge in [-0.15, -0.1) is 0 Å². The van der Waals surface area contributed by atoms with E-state index in [9.17, 15) is 0 Å². The van der Waals surface area contributed by atoms with Crippen molar-refractivity contribution in [3.05, 3.63) is 17.3 Å². The van der Waals surface area contributed by atoms with E-state index in [1.54, 1.807) is 6.07 Å². The summed E-state index contributed by atoms with van der Waals surface area (Å²) in [5.74, 6) is 2.16. The molecule has 2 heterocycles. The largest absolute Gasteiger partial charge is 0.396 e. The fourth-order valence-corrected chi connectivity index (χ4v) is 2.80. The summed E-state index contributed by atoms with van der Waals surface area (Å²) in [6.07, 6.45) is 1.26. The Bertz CT molecular complexity index is 408. The fraction of sp³-hybridized carbons (Fsp3) is 0.615. The SMILES string of the molecule is CC1CC(C)C(C)N(c2nc(Cl)ccc2N)C1. The van der Waals surface area contributed by atoms with Gasteiger partial charge in [-0.25, -0.2) is 4.98 Å². The number of hydrogen-bond acceptors (Lipinski definition) is 3. The summed E-state index contributed by atoms with van der Waals surface area (Å²) in [6, 6.07) is 4.03. The summed E-state index contributed by atoms with van der Waals surface area (Å²) in [5.41, 5.74) is 6.72. The van der Waals surface area contributed by atoms with Gasteiger partial charge in [0.25, 0.3) is 0 Å². The lowest BCUT2D eigenvalue weighted by Gasteiger charge is -2.42. The molecule has 3 atom stereocenters. The van der Waals surface area contributed by atoms with Crippen molar-refractivity contribution in [3.63, 3.8) is 0 Å². The number of piperidine rings is 1. The maximum absolute atomic E-state index is 6.01. The first-order chi connectivity index (χ1) is 7.99. The molecule has 0 bridgehead atoms. The zero-order chi connectivity index (χ0) is 12.6. The third kappa shape index (κ3) is 2.49. The van der Waals surface area contributed by atoms with Crippen molar-refractivity contribution >= 4 is 23.1 Å². The minimum Gasteiger partial charge on any atom is -0.396 e. The average molecular weight is 254 g/mol. The number of nitrogen functional groups attached to an aromatic ring is 1. The Hall–Kier alpha value is -0.960. The normalized spacial score (nSPS) is 29.4. The Morgan fingerprint density at radius 2 is 2.06 bits per heavy atom. The standard InChI is InChI=1S/C13H20ClN3/c1-8-6-9(2)10(3)17(7-8)13-11(15)4-5-12(14)16-13/h4-5,8-10H,6-7,15H2,1-3H3. The van der Waals surface area contributed by atoms with E-state index in [2.05, 4.69) is 30.7 Å². The van der Waals surface area contributed by atoms with Gasteiger partial charge >= 0.3 is 0 Å². The molecule has 0 amide bonds. The first-order valence-corrected chi connectivity index (χ1v) is 6.55. The van der Waals surface area contributed by atoms with Gasteiger partial charge in [-0.2, -0.15) is 0 Å². The van der Waals surface area contributed by atoms with Crippen LogP contribution in [0.5, 0.6) is 0 Å². The summed E-state index contributed by atoms with van der Waals surface area (Å²) in [6.45, 7) is 7.80. The third-order valence-electron chi connectivity index (χ3n) is 3.74. The lowest BCUT2D eigenvalue weighted by Crippen LogP contribution is -2.46. The van der Waals surface area contributed by atoms with Crippen molar-refractivity contribution in [2.45, 2.75) is 33.2 Å². The second kappa shape index (κ2) is 4.73. The number of halogens is 1. The van der Waals surface area contributed by atoms with Crippen LogP contribution in [0.3, 0.4) is 0 Å². The van der Waals surface area contributed by atoms with Crippen LogP contribution < -0.4 is 10.6 Å². The van der Waals surface area contributed by atoms with E-state index in [1.807, 2.05) is 6.07 Å². The predicted molar refractivity (Wildman–Crippen MR) is 73.4 cm³/mol. The molecule has 0 saturated carbocycles. The summed E-state index contributed by atoms with van der Waals surface area (Å²) >= 11 is 5.96. The van der Waals surface area contributed by atoms with Gasteiger partial charge < -0.3 is 10.6 Å². The fourth-order valence-electron chi connectivity index (χ4n) is 2.66. The van der Waals surface area contributed by atoms with Gasteiger partial charge in [0, 0.05) is 12.6 Å². The average Bonchev–Trinajstić information content (AvgIpc) is 2.27. The van der Waals surface area contributed by atoms with Gasteiger partial charge in [0.1, 0.15) is 5.15 Å². The number of nitrogens with zero attached hydrogens (tertiary/aromatic N) is 2. The minimum absolute atomic E-state index is 0.458. The van der Waals surface area contributed by atoms with Crippen molar-refractivity contribution in [2.75, 3.05) is 17.2 Å². The van der Waals surface area contributed by atoms with Crippen LogP contribution in [-0.4, -0.2) is 17.6 Å². The van der Waals surface area contributed by atoms with Gasteiger partial charge in [0.2, 0.25) is 0 Å². The Morgan fingerprint density at radius 1 is 1.35 bits per heavy atom. The highest BCUT2D eigenvalue weighted by atomic mass is 35.5. The smallest absolute Gasteiger partial charge is 0.153 e. The molecule has 2 rings (SSSR count). The zero-order valence-corrected chi connectivity index (χ0v) is 11.4. The molecule has 0 aromatic carbocycles. The number of hydrogen-bond donors (Lipinski definition) is 1. The van der Waals surface area contributed by atoms with Crippen molar-refractivity contribution in [2.24, 2.45) is 11.8 Å². The van der Waals surface area contributed by atoms with Gasteiger partial charge in [0.05, 0.1) is 5.69 Å². The van der Waals surface area contributed by atoms with Crippen LogP contribution in [0.4, 0.5) is 11.5 Å². The van der Waals surface area contributed by atoms with Crippen LogP contribution >= 0.6 is 11.6 Å². The van der Waals surface area contributed by atoms with Crippen LogP contribution in [0.25, 0.3) is 0 Å². The molecule has 0 radical (unpaired) electrons. The monoisotopic (exact) mass is 253 g/mol. The van der Waals surface area contributed by atoms with E-state index in [-0.39, 0.29) is 0 Å². The van der Waals surface area contributed by atoms with Crippen molar-refractivity contribution < 1.29 is 0 Å².